The maximum Gasteiger partial charge on any atom is 0.252 e. The number of carbonyl (C=O) groups excluding carboxylic acids is 1. The normalized spacial score (nSPS) is 13.5. The predicted octanol–water partition coefficient (Wildman–Crippen LogP) is 3.63. The molecule has 21 heavy (non-hydrogen) atoms. The Kier molecular flexibility index (Phi) is 4.88. The lowest BCUT2D eigenvalue weighted by molar-refractivity contribution is 0.0526. The molecule has 2 aromatic rings. The molecule has 2 N–H and O–H groups in total. The number of hydrogen-bond donors (Lipinski definition) is 2. The molecule has 0 bridgehead atoms. The highest BCUT2D eigenvalue weighted by Crippen LogP contribution is 2.22. The Morgan fingerprint density at radius 2 is 1.76 bits per heavy atom. The minimum Gasteiger partial charge on any atom is -0.384 e. The molecule has 0 aromatic heterocycles. The van der Waals surface area contributed by atoms with Crippen molar-refractivity contribution in [2.45, 2.75) is 12.5 Å². The van der Waals surface area contributed by atoms with Gasteiger partial charge in [-0.15, -0.1) is 0 Å². The molecular weight excluding hydrogens is 309 g/mol. The highest BCUT2D eigenvalue weighted by atomic mass is 35.5. The van der Waals surface area contributed by atoms with Crippen molar-refractivity contribution in [3.63, 3.8) is 0 Å². The lowest BCUT2D eigenvalue weighted by Crippen LogP contribution is -2.38. The van der Waals surface area contributed by atoms with Gasteiger partial charge in [-0.25, -0.2) is 0 Å². The van der Waals surface area contributed by atoms with Crippen LogP contribution in [0, 0.1) is 0 Å². The fourth-order valence-electron chi connectivity index (χ4n) is 1.90. The summed E-state index contributed by atoms with van der Waals surface area (Å²) < 4.78 is 0. The predicted molar refractivity (Wildman–Crippen MR) is 84.8 cm³/mol. The lowest BCUT2D eigenvalue weighted by atomic mass is 9.96. The molecule has 0 aliphatic carbocycles. The van der Waals surface area contributed by atoms with Crippen LogP contribution in [0.2, 0.25) is 10.0 Å². The van der Waals surface area contributed by atoms with Crippen LogP contribution in [-0.4, -0.2) is 17.6 Å². The summed E-state index contributed by atoms with van der Waals surface area (Å²) in [5, 5.41) is 14.1. The molecule has 2 rings (SSSR count). The van der Waals surface area contributed by atoms with Crippen molar-refractivity contribution < 1.29 is 9.90 Å². The van der Waals surface area contributed by atoms with E-state index in [2.05, 4.69) is 5.32 Å². The molecule has 0 spiro atoms. The third kappa shape index (κ3) is 3.97. The molecule has 2 aromatic carbocycles. The van der Waals surface area contributed by atoms with Crippen molar-refractivity contribution in [3.05, 3.63) is 69.7 Å². The number of carbonyl (C=O) groups is 1. The van der Waals surface area contributed by atoms with Crippen LogP contribution < -0.4 is 5.32 Å². The van der Waals surface area contributed by atoms with E-state index in [0.717, 1.165) is 0 Å². The molecule has 0 heterocycles. The zero-order valence-electron chi connectivity index (χ0n) is 11.4. The molecule has 0 saturated heterocycles. The standard InChI is InChI=1S/C16H15Cl2NO2/c1-16(21,11-6-8-12(17)9-7-11)10-19-15(20)13-4-2-3-5-14(13)18/h2-9,21H,10H2,1H3,(H,19,20). The van der Waals surface area contributed by atoms with Crippen LogP contribution in [0.15, 0.2) is 48.5 Å². The van der Waals surface area contributed by atoms with Gasteiger partial charge in [0.15, 0.2) is 0 Å². The number of nitrogens with one attached hydrogen (secondary N) is 1. The van der Waals surface area contributed by atoms with E-state index in [0.29, 0.717) is 21.2 Å². The van der Waals surface area contributed by atoms with Gasteiger partial charge in [0.05, 0.1) is 17.1 Å². The molecule has 0 aliphatic rings. The summed E-state index contributed by atoms with van der Waals surface area (Å²) in [4.78, 5) is 12.1. The van der Waals surface area contributed by atoms with Crippen LogP contribution in [-0.2, 0) is 5.60 Å². The van der Waals surface area contributed by atoms with Crippen molar-refractivity contribution >= 4 is 29.1 Å². The topological polar surface area (TPSA) is 49.3 Å². The summed E-state index contributed by atoms with van der Waals surface area (Å²) in [6, 6.07) is 13.6. The second-order valence-corrected chi connectivity index (χ2v) is 5.79. The maximum atomic E-state index is 12.1. The van der Waals surface area contributed by atoms with Crippen molar-refractivity contribution in [3.8, 4) is 0 Å². The van der Waals surface area contributed by atoms with E-state index in [9.17, 15) is 9.90 Å². The van der Waals surface area contributed by atoms with Crippen LogP contribution in [0.1, 0.15) is 22.8 Å². The monoisotopic (exact) mass is 323 g/mol. The SMILES string of the molecule is CC(O)(CNC(=O)c1ccccc1Cl)c1ccc(Cl)cc1. The summed E-state index contributed by atoms with van der Waals surface area (Å²) in [6.07, 6.45) is 0. The molecule has 0 aliphatic heterocycles. The van der Waals surface area contributed by atoms with Gasteiger partial charge in [0.25, 0.3) is 5.91 Å². The van der Waals surface area contributed by atoms with E-state index in [4.69, 9.17) is 23.2 Å². The van der Waals surface area contributed by atoms with E-state index in [1.807, 2.05) is 0 Å². The average molecular weight is 324 g/mol. The minimum absolute atomic E-state index is 0.0681. The average Bonchev–Trinajstić information content (AvgIpc) is 2.46. The maximum absolute atomic E-state index is 12.1. The van der Waals surface area contributed by atoms with Crippen LogP contribution in [0.25, 0.3) is 0 Å². The second-order valence-electron chi connectivity index (χ2n) is 4.94. The van der Waals surface area contributed by atoms with E-state index in [-0.39, 0.29) is 12.5 Å². The van der Waals surface area contributed by atoms with E-state index >= 15 is 0 Å². The number of aliphatic hydroxyl groups is 1. The van der Waals surface area contributed by atoms with E-state index in [1.165, 1.54) is 0 Å². The molecule has 3 nitrogen and oxygen atoms in total. The fraction of sp³-hybridized carbons (Fsp3) is 0.188. The molecule has 0 fully saturated rings. The summed E-state index contributed by atoms with van der Waals surface area (Å²) in [6.45, 7) is 1.70. The molecule has 5 heteroatoms. The van der Waals surface area contributed by atoms with Gasteiger partial charge in [0.2, 0.25) is 0 Å². The molecule has 1 atom stereocenters. The van der Waals surface area contributed by atoms with Crippen LogP contribution in [0.4, 0.5) is 0 Å². The zero-order valence-corrected chi connectivity index (χ0v) is 12.9. The van der Waals surface area contributed by atoms with Gasteiger partial charge >= 0.3 is 0 Å². The Labute approximate surface area is 133 Å². The Bertz CT molecular complexity index is 639. The number of amides is 1. The lowest BCUT2D eigenvalue weighted by Gasteiger charge is -2.24. The summed E-state index contributed by atoms with van der Waals surface area (Å²) >= 11 is 11.8. The van der Waals surface area contributed by atoms with E-state index < -0.39 is 5.60 Å². The van der Waals surface area contributed by atoms with Gasteiger partial charge in [-0.2, -0.15) is 0 Å². The smallest absolute Gasteiger partial charge is 0.252 e. The second kappa shape index (κ2) is 6.48. The summed E-state index contributed by atoms with van der Waals surface area (Å²) in [5.74, 6) is -0.324. The largest absolute Gasteiger partial charge is 0.384 e. The van der Waals surface area contributed by atoms with Crippen molar-refractivity contribution in [2.24, 2.45) is 0 Å². The molecule has 1 unspecified atom stereocenters. The molecule has 110 valence electrons. The Balaban J connectivity index is 2.06. The first-order valence-corrected chi connectivity index (χ1v) is 7.17. The quantitative estimate of drug-likeness (QED) is 0.902. The molecule has 0 radical (unpaired) electrons. The molecular formula is C16H15Cl2NO2. The van der Waals surface area contributed by atoms with Crippen LogP contribution in [0.3, 0.4) is 0 Å². The van der Waals surface area contributed by atoms with Gasteiger partial charge in [0, 0.05) is 5.02 Å². The number of benzene rings is 2. The Morgan fingerprint density at radius 3 is 2.38 bits per heavy atom. The van der Waals surface area contributed by atoms with Gasteiger partial charge < -0.3 is 10.4 Å². The Morgan fingerprint density at radius 1 is 1.14 bits per heavy atom. The van der Waals surface area contributed by atoms with Gasteiger partial charge in [-0.1, -0.05) is 47.5 Å². The van der Waals surface area contributed by atoms with Gasteiger partial charge in [-0.3, -0.25) is 4.79 Å². The Hall–Kier alpha value is -1.55. The first-order chi connectivity index (χ1) is 9.90. The summed E-state index contributed by atoms with van der Waals surface area (Å²) in [7, 11) is 0. The highest BCUT2D eigenvalue weighted by molar-refractivity contribution is 6.33. The number of halogens is 2. The van der Waals surface area contributed by atoms with Crippen LogP contribution in [0.5, 0.6) is 0 Å². The third-order valence-electron chi connectivity index (χ3n) is 3.18. The summed E-state index contributed by atoms with van der Waals surface area (Å²) in [5.41, 5.74) is -0.140. The number of rotatable bonds is 4. The van der Waals surface area contributed by atoms with Crippen LogP contribution >= 0.6 is 23.2 Å². The van der Waals surface area contributed by atoms with E-state index in [1.54, 1.807) is 55.5 Å². The van der Waals surface area contributed by atoms with Crippen molar-refractivity contribution in [1.29, 1.82) is 0 Å². The third-order valence-corrected chi connectivity index (χ3v) is 3.76. The van der Waals surface area contributed by atoms with Crippen molar-refractivity contribution in [1.82, 2.24) is 5.32 Å². The minimum atomic E-state index is -1.19. The molecule has 1 amide bonds. The fourth-order valence-corrected chi connectivity index (χ4v) is 2.25. The van der Waals surface area contributed by atoms with Gasteiger partial charge in [0.1, 0.15) is 5.60 Å². The van der Waals surface area contributed by atoms with Gasteiger partial charge in [-0.05, 0) is 36.8 Å². The first-order valence-electron chi connectivity index (χ1n) is 6.41. The number of hydrogen-bond acceptors (Lipinski definition) is 2. The zero-order chi connectivity index (χ0) is 15.5. The van der Waals surface area contributed by atoms with Crippen molar-refractivity contribution in [2.75, 3.05) is 6.54 Å². The highest BCUT2D eigenvalue weighted by Gasteiger charge is 2.24. The molecule has 0 saturated carbocycles. The first kappa shape index (κ1) is 15.8.